The molecule has 0 aliphatic heterocycles. The quantitative estimate of drug-likeness (QED) is 0.583. The van der Waals surface area contributed by atoms with Crippen LogP contribution in [0.4, 0.5) is 0 Å². The summed E-state index contributed by atoms with van der Waals surface area (Å²) in [5.74, 6) is 1.75. The summed E-state index contributed by atoms with van der Waals surface area (Å²) in [7, 11) is 0. The molecule has 0 radical (unpaired) electrons. The lowest BCUT2D eigenvalue weighted by atomic mass is 9.89. The van der Waals surface area contributed by atoms with E-state index >= 15 is 0 Å². The minimum atomic E-state index is -0.0796. The van der Waals surface area contributed by atoms with Crippen molar-refractivity contribution in [3.63, 3.8) is 0 Å². The molecule has 1 aliphatic carbocycles. The van der Waals surface area contributed by atoms with Gasteiger partial charge in [0.05, 0.1) is 5.60 Å². The molecule has 0 amide bonds. The highest BCUT2D eigenvalue weighted by atomic mass is 16.7. The van der Waals surface area contributed by atoms with E-state index < -0.39 is 0 Å². The standard InChI is InChI=1S/C14H29NO/c1-11(2)12-7-6-8-13(10-9-12)15-16-14(3,4)5/h11-13,15H,6-10H2,1-5H3. The van der Waals surface area contributed by atoms with E-state index in [1.807, 2.05) is 0 Å². The van der Waals surface area contributed by atoms with Gasteiger partial charge in [-0.1, -0.05) is 26.7 Å². The fourth-order valence-electron chi connectivity index (χ4n) is 2.38. The van der Waals surface area contributed by atoms with Crippen LogP contribution in [0.1, 0.15) is 66.7 Å². The molecule has 1 rings (SSSR count). The van der Waals surface area contributed by atoms with Crippen LogP contribution in [0.15, 0.2) is 0 Å². The van der Waals surface area contributed by atoms with Gasteiger partial charge in [0.1, 0.15) is 0 Å². The molecule has 2 unspecified atom stereocenters. The van der Waals surface area contributed by atoms with E-state index in [1.54, 1.807) is 0 Å². The fraction of sp³-hybridized carbons (Fsp3) is 1.00. The summed E-state index contributed by atoms with van der Waals surface area (Å²) in [4.78, 5) is 5.67. The molecule has 1 fully saturated rings. The van der Waals surface area contributed by atoms with Crippen molar-refractivity contribution >= 4 is 0 Å². The van der Waals surface area contributed by atoms with Crippen molar-refractivity contribution in [3.05, 3.63) is 0 Å². The number of hydrogen-bond acceptors (Lipinski definition) is 2. The molecule has 2 heteroatoms. The molecule has 0 aromatic carbocycles. The monoisotopic (exact) mass is 227 g/mol. The molecule has 2 nitrogen and oxygen atoms in total. The first-order valence-corrected chi connectivity index (χ1v) is 6.82. The van der Waals surface area contributed by atoms with E-state index in [9.17, 15) is 0 Å². The van der Waals surface area contributed by atoms with Gasteiger partial charge in [-0.15, -0.1) is 0 Å². The highest BCUT2D eigenvalue weighted by Gasteiger charge is 2.22. The SMILES string of the molecule is CC(C)C1CCCC(NOC(C)(C)C)CC1. The average Bonchev–Trinajstić information content (AvgIpc) is 2.38. The van der Waals surface area contributed by atoms with Crippen molar-refractivity contribution in [1.29, 1.82) is 0 Å². The Bertz CT molecular complexity index is 195. The van der Waals surface area contributed by atoms with E-state index in [-0.39, 0.29) is 5.60 Å². The zero-order valence-electron chi connectivity index (χ0n) is 11.7. The molecule has 1 N–H and O–H groups in total. The molecule has 1 aliphatic rings. The summed E-state index contributed by atoms with van der Waals surface area (Å²) in [5, 5.41) is 0. The average molecular weight is 227 g/mol. The molecule has 2 atom stereocenters. The van der Waals surface area contributed by atoms with Crippen LogP contribution in [-0.2, 0) is 4.84 Å². The molecule has 0 aromatic heterocycles. The number of hydrogen-bond donors (Lipinski definition) is 1. The topological polar surface area (TPSA) is 21.3 Å². The van der Waals surface area contributed by atoms with E-state index in [0.717, 1.165) is 11.8 Å². The summed E-state index contributed by atoms with van der Waals surface area (Å²) < 4.78 is 0. The Labute approximate surface area is 101 Å². The lowest BCUT2D eigenvalue weighted by Gasteiger charge is -2.24. The molecule has 0 heterocycles. The summed E-state index contributed by atoms with van der Waals surface area (Å²) in [6.45, 7) is 11.0. The van der Waals surface area contributed by atoms with Gasteiger partial charge in [0.25, 0.3) is 0 Å². The maximum atomic E-state index is 5.67. The van der Waals surface area contributed by atoms with Crippen LogP contribution in [0, 0.1) is 11.8 Å². The predicted molar refractivity (Wildman–Crippen MR) is 69.2 cm³/mol. The van der Waals surface area contributed by atoms with Crippen LogP contribution in [0.3, 0.4) is 0 Å². The Morgan fingerprint density at radius 3 is 2.31 bits per heavy atom. The Morgan fingerprint density at radius 1 is 1.06 bits per heavy atom. The van der Waals surface area contributed by atoms with Crippen LogP contribution in [0.2, 0.25) is 0 Å². The van der Waals surface area contributed by atoms with E-state index in [1.165, 1.54) is 32.1 Å². The lowest BCUT2D eigenvalue weighted by Crippen LogP contribution is -2.36. The number of hydroxylamine groups is 1. The molecule has 0 saturated heterocycles. The minimum Gasteiger partial charge on any atom is -0.296 e. The Hall–Kier alpha value is -0.0800. The largest absolute Gasteiger partial charge is 0.296 e. The Balaban J connectivity index is 2.30. The third-order valence-electron chi connectivity index (χ3n) is 3.49. The number of nitrogens with one attached hydrogen (secondary N) is 1. The molecule has 96 valence electrons. The van der Waals surface area contributed by atoms with Crippen LogP contribution in [0.25, 0.3) is 0 Å². The molecule has 1 saturated carbocycles. The Kier molecular flexibility index (Phi) is 5.26. The fourth-order valence-corrected chi connectivity index (χ4v) is 2.38. The van der Waals surface area contributed by atoms with Crippen LogP contribution in [0.5, 0.6) is 0 Å². The van der Waals surface area contributed by atoms with E-state index in [2.05, 4.69) is 40.1 Å². The van der Waals surface area contributed by atoms with Crippen LogP contribution in [-0.4, -0.2) is 11.6 Å². The van der Waals surface area contributed by atoms with Crippen LogP contribution < -0.4 is 5.48 Å². The smallest absolute Gasteiger partial charge is 0.0813 e. The normalized spacial score (nSPS) is 28.1. The van der Waals surface area contributed by atoms with Crippen molar-refractivity contribution in [2.45, 2.75) is 78.4 Å². The van der Waals surface area contributed by atoms with Gasteiger partial charge in [0.15, 0.2) is 0 Å². The first kappa shape index (κ1) is 14.0. The third-order valence-corrected chi connectivity index (χ3v) is 3.49. The lowest BCUT2D eigenvalue weighted by molar-refractivity contribution is -0.0902. The van der Waals surface area contributed by atoms with Gasteiger partial charge in [-0.05, 0) is 51.9 Å². The second-order valence-electron chi connectivity index (χ2n) is 6.54. The first-order chi connectivity index (χ1) is 7.38. The van der Waals surface area contributed by atoms with Gasteiger partial charge >= 0.3 is 0 Å². The van der Waals surface area contributed by atoms with Gasteiger partial charge in [-0.3, -0.25) is 4.84 Å². The third kappa shape index (κ3) is 5.31. The maximum absolute atomic E-state index is 5.67. The Morgan fingerprint density at radius 2 is 1.75 bits per heavy atom. The second-order valence-corrected chi connectivity index (χ2v) is 6.54. The van der Waals surface area contributed by atoms with Crippen LogP contribution >= 0.6 is 0 Å². The highest BCUT2D eigenvalue weighted by Crippen LogP contribution is 2.28. The molecule has 0 bridgehead atoms. The second kappa shape index (κ2) is 6.02. The van der Waals surface area contributed by atoms with Crippen molar-refractivity contribution in [2.75, 3.05) is 0 Å². The summed E-state index contributed by atoms with van der Waals surface area (Å²) >= 11 is 0. The summed E-state index contributed by atoms with van der Waals surface area (Å²) in [6, 6.07) is 0.558. The zero-order chi connectivity index (χ0) is 12.2. The molecule has 0 aromatic rings. The van der Waals surface area contributed by atoms with Crippen molar-refractivity contribution < 1.29 is 4.84 Å². The van der Waals surface area contributed by atoms with Gasteiger partial charge in [0, 0.05) is 6.04 Å². The summed E-state index contributed by atoms with van der Waals surface area (Å²) in [6.07, 6.45) is 6.61. The highest BCUT2D eigenvalue weighted by molar-refractivity contribution is 4.75. The van der Waals surface area contributed by atoms with E-state index in [4.69, 9.17) is 4.84 Å². The minimum absolute atomic E-state index is 0.0796. The molecule has 0 spiro atoms. The maximum Gasteiger partial charge on any atom is 0.0813 e. The predicted octanol–water partition coefficient (Wildman–Crippen LogP) is 3.91. The number of rotatable bonds is 3. The van der Waals surface area contributed by atoms with Gasteiger partial charge in [-0.2, -0.15) is 5.48 Å². The molecular formula is C14H29NO. The van der Waals surface area contributed by atoms with Crippen molar-refractivity contribution in [1.82, 2.24) is 5.48 Å². The summed E-state index contributed by atoms with van der Waals surface area (Å²) in [5.41, 5.74) is 3.18. The first-order valence-electron chi connectivity index (χ1n) is 6.82. The van der Waals surface area contributed by atoms with Gasteiger partial charge in [-0.25, -0.2) is 0 Å². The van der Waals surface area contributed by atoms with Gasteiger partial charge in [0.2, 0.25) is 0 Å². The van der Waals surface area contributed by atoms with Crippen molar-refractivity contribution in [2.24, 2.45) is 11.8 Å². The van der Waals surface area contributed by atoms with Gasteiger partial charge < -0.3 is 0 Å². The molecular weight excluding hydrogens is 198 g/mol. The van der Waals surface area contributed by atoms with E-state index in [0.29, 0.717) is 6.04 Å². The zero-order valence-corrected chi connectivity index (χ0v) is 11.7. The molecule has 16 heavy (non-hydrogen) atoms. The van der Waals surface area contributed by atoms with Crippen molar-refractivity contribution in [3.8, 4) is 0 Å².